The number of aryl methyl sites for hydroxylation is 1. The Morgan fingerprint density at radius 3 is 2.67 bits per heavy atom. The first-order chi connectivity index (χ1) is 7.02. The number of carbonyl (C=O) groups is 1. The number of thioether (sulfide) groups is 1. The molecule has 15 heavy (non-hydrogen) atoms. The first-order valence-corrected chi connectivity index (χ1v) is 6.47. The van der Waals surface area contributed by atoms with Crippen LogP contribution in [-0.4, -0.2) is 27.2 Å². The molecule has 2 N–H and O–H groups in total. The Morgan fingerprint density at radius 2 is 2.20 bits per heavy atom. The van der Waals surface area contributed by atoms with Crippen LogP contribution in [0.25, 0.3) is 0 Å². The van der Waals surface area contributed by atoms with Crippen molar-refractivity contribution in [3.8, 4) is 0 Å². The topological polar surface area (TPSA) is 57.5 Å². The maximum absolute atomic E-state index is 10.7. The highest BCUT2D eigenvalue weighted by atomic mass is 32.2. The highest BCUT2D eigenvalue weighted by Crippen LogP contribution is 2.25. The standard InChI is InChI=1S/C10H14O3S2/c1-6-3-14-4-8(6)10(13)9(12)5-15-7(2)11/h3-4,9-10,12-13H,5H2,1-2H3. The minimum Gasteiger partial charge on any atom is -0.389 e. The molecule has 1 aromatic heterocycles. The highest BCUT2D eigenvalue weighted by Gasteiger charge is 2.20. The number of carbonyl (C=O) groups excluding carboxylic acids is 1. The summed E-state index contributed by atoms with van der Waals surface area (Å²) in [4.78, 5) is 10.7. The second kappa shape index (κ2) is 5.65. The normalized spacial score (nSPS) is 14.9. The van der Waals surface area contributed by atoms with Gasteiger partial charge in [0.05, 0.1) is 6.10 Å². The summed E-state index contributed by atoms with van der Waals surface area (Å²) in [6.07, 6.45) is -1.80. The zero-order chi connectivity index (χ0) is 11.4. The lowest BCUT2D eigenvalue weighted by Gasteiger charge is -2.16. The van der Waals surface area contributed by atoms with Gasteiger partial charge in [-0.05, 0) is 28.8 Å². The van der Waals surface area contributed by atoms with Crippen molar-refractivity contribution in [1.29, 1.82) is 0 Å². The molecular formula is C10H14O3S2. The van der Waals surface area contributed by atoms with Gasteiger partial charge in [-0.25, -0.2) is 0 Å². The van der Waals surface area contributed by atoms with Gasteiger partial charge in [-0.1, -0.05) is 11.8 Å². The lowest BCUT2D eigenvalue weighted by atomic mass is 10.1. The molecule has 0 aromatic carbocycles. The molecule has 2 atom stereocenters. The second-order valence-electron chi connectivity index (χ2n) is 3.32. The largest absolute Gasteiger partial charge is 0.389 e. The average molecular weight is 246 g/mol. The minimum absolute atomic E-state index is 0.0525. The number of rotatable bonds is 4. The average Bonchev–Trinajstić information content (AvgIpc) is 2.59. The molecule has 0 bridgehead atoms. The maximum Gasteiger partial charge on any atom is 0.185 e. The molecule has 1 aromatic rings. The summed E-state index contributed by atoms with van der Waals surface area (Å²) in [7, 11) is 0. The van der Waals surface area contributed by atoms with Crippen LogP contribution in [0.15, 0.2) is 10.8 Å². The van der Waals surface area contributed by atoms with Gasteiger partial charge in [-0.2, -0.15) is 11.3 Å². The predicted octanol–water partition coefficient (Wildman–Crippen LogP) is 1.73. The van der Waals surface area contributed by atoms with E-state index in [2.05, 4.69) is 0 Å². The summed E-state index contributed by atoms with van der Waals surface area (Å²) in [6, 6.07) is 0. The van der Waals surface area contributed by atoms with Crippen molar-refractivity contribution in [3.05, 3.63) is 21.9 Å². The summed E-state index contributed by atoms with van der Waals surface area (Å²) in [5.41, 5.74) is 1.72. The lowest BCUT2D eigenvalue weighted by molar-refractivity contribution is -0.109. The Morgan fingerprint density at radius 1 is 1.53 bits per heavy atom. The molecule has 1 rings (SSSR count). The van der Waals surface area contributed by atoms with Gasteiger partial charge >= 0.3 is 0 Å². The fourth-order valence-electron chi connectivity index (χ4n) is 1.17. The summed E-state index contributed by atoms with van der Waals surface area (Å²) in [6.45, 7) is 3.33. The Bertz CT molecular complexity index is 335. The van der Waals surface area contributed by atoms with Crippen LogP contribution in [0.3, 0.4) is 0 Å². The van der Waals surface area contributed by atoms with Crippen LogP contribution >= 0.6 is 23.1 Å². The fraction of sp³-hybridized carbons (Fsp3) is 0.500. The second-order valence-corrected chi connectivity index (χ2v) is 5.27. The summed E-state index contributed by atoms with van der Waals surface area (Å²) in [5.74, 6) is 0.228. The Kier molecular flexibility index (Phi) is 4.79. The number of hydrogen-bond donors (Lipinski definition) is 2. The molecule has 0 aliphatic carbocycles. The molecule has 3 nitrogen and oxygen atoms in total. The summed E-state index contributed by atoms with van der Waals surface area (Å²) in [5, 5.41) is 23.1. The molecule has 2 unspecified atom stereocenters. The zero-order valence-electron chi connectivity index (χ0n) is 8.64. The first-order valence-electron chi connectivity index (χ1n) is 4.54. The van der Waals surface area contributed by atoms with Crippen molar-refractivity contribution in [2.24, 2.45) is 0 Å². The summed E-state index contributed by atoms with van der Waals surface area (Å²) >= 11 is 2.52. The van der Waals surface area contributed by atoms with E-state index in [4.69, 9.17) is 0 Å². The maximum atomic E-state index is 10.7. The van der Waals surface area contributed by atoms with Crippen LogP contribution in [-0.2, 0) is 4.79 Å². The monoisotopic (exact) mass is 246 g/mol. The molecule has 1 heterocycles. The number of hydrogen-bond acceptors (Lipinski definition) is 5. The smallest absolute Gasteiger partial charge is 0.185 e. The van der Waals surface area contributed by atoms with Crippen molar-refractivity contribution in [1.82, 2.24) is 0 Å². The zero-order valence-corrected chi connectivity index (χ0v) is 10.3. The van der Waals surface area contributed by atoms with Gasteiger partial charge in [0.25, 0.3) is 0 Å². The van der Waals surface area contributed by atoms with Crippen LogP contribution in [0.4, 0.5) is 0 Å². The van der Waals surface area contributed by atoms with E-state index in [0.29, 0.717) is 0 Å². The fourth-order valence-corrected chi connectivity index (χ4v) is 2.64. The van der Waals surface area contributed by atoms with Gasteiger partial charge in [-0.15, -0.1) is 0 Å². The van der Waals surface area contributed by atoms with Gasteiger partial charge in [0.1, 0.15) is 6.10 Å². The first kappa shape index (κ1) is 12.7. The van der Waals surface area contributed by atoms with Crippen molar-refractivity contribution >= 4 is 28.2 Å². The van der Waals surface area contributed by atoms with Crippen LogP contribution in [0.2, 0.25) is 0 Å². The van der Waals surface area contributed by atoms with E-state index in [9.17, 15) is 15.0 Å². The van der Waals surface area contributed by atoms with Crippen LogP contribution in [0.1, 0.15) is 24.2 Å². The molecule has 0 saturated heterocycles. The van der Waals surface area contributed by atoms with E-state index in [-0.39, 0.29) is 10.9 Å². The number of aliphatic hydroxyl groups is 2. The molecule has 0 spiro atoms. The van der Waals surface area contributed by atoms with Gasteiger partial charge in [0, 0.05) is 12.7 Å². The van der Waals surface area contributed by atoms with Crippen molar-refractivity contribution in [2.45, 2.75) is 26.1 Å². The van der Waals surface area contributed by atoms with E-state index < -0.39 is 12.2 Å². The molecule has 0 aliphatic heterocycles. The van der Waals surface area contributed by atoms with E-state index in [1.165, 1.54) is 18.3 Å². The molecule has 84 valence electrons. The van der Waals surface area contributed by atoms with Gasteiger partial charge in [-0.3, -0.25) is 4.79 Å². The Balaban J connectivity index is 2.57. The highest BCUT2D eigenvalue weighted by molar-refractivity contribution is 8.13. The molecule has 0 aliphatic rings. The Hall–Kier alpha value is -0.360. The van der Waals surface area contributed by atoms with Crippen molar-refractivity contribution in [2.75, 3.05) is 5.75 Å². The molecular weight excluding hydrogens is 232 g/mol. The van der Waals surface area contributed by atoms with E-state index in [1.54, 1.807) is 0 Å². The molecule has 5 heteroatoms. The molecule has 0 amide bonds. The molecule has 0 radical (unpaired) electrons. The minimum atomic E-state index is -0.900. The molecule has 0 saturated carbocycles. The Labute approximate surface area is 97.1 Å². The van der Waals surface area contributed by atoms with Crippen LogP contribution in [0, 0.1) is 6.92 Å². The molecule has 0 fully saturated rings. The van der Waals surface area contributed by atoms with Crippen molar-refractivity contribution in [3.63, 3.8) is 0 Å². The van der Waals surface area contributed by atoms with Gasteiger partial charge < -0.3 is 10.2 Å². The van der Waals surface area contributed by atoms with E-state index >= 15 is 0 Å². The number of aliphatic hydroxyl groups excluding tert-OH is 2. The van der Waals surface area contributed by atoms with Crippen LogP contribution < -0.4 is 0 Å². The third kappa shape index (κ3) is 3.61. The SMILES string of the molecule is CC(=O)SCC(O)C(O)c1cscc1C. The van der Waals surface area contributed by atoms with Crippen LogP contribution in [0.5, 0.6) is 0 Å². The predicted molar refractivity (Wildman–Crippen MR) is 63.2 cm³/mol. The number of thiophene rings is 1. The summed E-state index contributed by atoms with van der Waals surface area (Å²) < 4.78 is 0. The van der Waals surface area contributed by atoms with E-state index in [0.717, 1.165) is 22.9 Å². The van der Waals surface area contributed by atoms with E-state index in [1.807, 2.05) is 17.7 Å². The quantitative estimate of drug-likeness (QED) is 0.849. The van der Waals surface area contributed by atoms with Gasteiger partial charge in [0.2, 0.25) is 0 Å². The third-order valence-electron chi connectivity index (χ3n) is 2.04. The van der Waals surface area contributed by atoms with Crippen molar-refractivity contribution < 1.29 is 15.0 Å². The van der Waals surface area contributed by atoms with Gasteiger partial charge in [0.15, 0.2) is 5.12 Å². The third-order valence-corrected chi connectivity index (χ3v) is 3.83. The lowest BCUT2D eigenvalue weighted by Crippen LogP contribution is -2.21.